The summed E-state index contributed by atoms with van der Waals surface area (Å²) in [6.45, 7) is 6.38. The number of likely N-dealkylation sites (N-methyl/N-ethyl adjacent to an activating group) is 1. The lowest BCUT2D eigenvalue weighted by Gasteiger charge is -2.39. The minimum Gasteiger partial charge on any atom is -0.488 e. The van der Waals surface area contributed by atoms with E-state index in [1.165, 1.54) is 6.07 Å². The molecule has 1 saturated heterocycles. The van der Waals surface area contributed by atoms with Crippen molar-refractivity contribution >= 4 is 11.6 Å². The van der Waals surface area contributed by atoms with Gasteiger partial charge in [-0.25, -0.2) is 4.39 Å². The Kier molecular flexibility index (Phi) is 6.52. The highest BCUT2D eigenvalue weighted by molar-refractivity contribution is 6.31. The third kappa shape index (κ3) is 4.56. The Hall–Kier alpha value is -1.62. The van der Waals surface area contributed by atoms with Gasteiger partial charge in [0.05, 0.1) is 5.02 Å². The summed E-state index contributed by atoms with van der Waals surface area (Å²) >= 11 is 6.10. The van der Waals surface area contributed by atoms with Gasteiger partial charge >= 0.3 is 0 Å². The zero-order valence-electron chi connectivity index (χ0n) is 15.4. The molecule has 0 spiro atoms. The second-order valence-electron chi connectivity index (χ2n) is 6.87. The summed E-state index contributed by atoms with van der Waals surface area (Å²) in [5, 5.41) is 0.396. The van der Waals surface area contributed by atoms with Crippen LogP contribution in [0.15, 0.2) is 42.5 Å². The van der Waals surface area contributed by atoms with Crippen molar-refractivity contribution in [3.05, 3.63) is 64.4 Å². The lowest BCUT2D eigenvalue weighted by atomic mass is 10.1. The van der Waals surface area contributed by atoms with Gasteiger partial charge in [-0.2, -0.15) is 0 Å². The van der Waals surface area contributed by atoms with Crippen LogP contribution in [0.3, 0.4) is 0 Å². The number of hydrogen-bond acceptors (Lipinski definition) is 3. The van der Waals surface area contributed by atoms with Crippen molar-refractivity contribution in [2.75, 3.05) is 26.7 Å². The minimum atomic E-state index is -0.333. The summed E-state index contributed by atoms with van der Waals surface area (Å²) in [4.78, 5) is 4.89. The topological polar surface area (TPSA) is 15.7 Å². The fraction of sp³-hybridized carbons (Fsp3) is 0.429. The van der Waals surface area contributed by atoms with Gasteiger partial charge < -0.3 is 9.64 Å². The molecule has 0 amide bonds. The summed E-state index contributed by atoms with van der Waals surface area (Å²) in [6.07, 6.45) is 1.15. The van der Waals surface area contributed by atoms with Crippen molar-refractivity contribution in [2.45, 2.75) is 32.5 Å². The molecule has 2 aromatic carbocycles. The van der Waals surface area contributed by atoms with Crippen LogP contribution in [0.2, 0.25) is 5.02 Å². The molecule has 5 heteroatoms. The predicted octanol–water partition coefficient (Wildman–Crippen LogP) is 4.58. The van der Waals surface area contributed by atoms with Gasteiger partial charge in [-0.1, -0.05) is 42.8 Å². The van der Waals surface area contributed by atoms with Gasteiger partial charge in [0.2, 0.25) is 0 Å². The third-order valence-corrected chi connectivity index (χ3v) is 5.49. The number of rotatable bonds is 6. The van der Waals surface area contributed by atoms with E-state index in [4.69, 9.17) is 16.3 Å². The van der Waals surface area contributed by atoms with Gasteiger partial charge in [-0.15, -0.1) is 0 Å². The minimum absolute atomic E-state index is 0.128. The van der Waals surface area contributed by atoms with Gasteiger partial charge in [0.15, 0.2) is 0 Å². The molecule has 0 radical (unpaired) electrons. The molecule has 1 unspecified atom stereocenters. The Labute approximate surface area is 160 Å². The molecule has 2 aromatic rings. The first-order valence-corrected chi connectivity index (χ1v) is 9.52. The summed E-state index contributed by atoms with van der Waals surface area (Å²) in [7, 11) is 2.20. The molecule has 0 aromatic heterocycles. The summed E-state index contributed by atoms with van der Waals surface area (Å²) in [6, 6.07) is 13.3. The van der Waals surface area contributed by atoms with Crippen LogP contribution in [0.25, 0.3) is 0 Å². The van der Waals surface area contributed by atoms with Gasteiger partial charge in [-0.3, -0.25) is 4.90 Å². The lowest BCUT2D eigenvalue weighted by Crippen LogP contribution is -2.50. The van der Waals surface area contributed by atoms with Crippen LogP contribution in [-0.2, 0) is 13.2 Å². The molecule has 1 fully saturated rings. The Morgan fingerprint density at radius 2 is 1.96 bits per heavy atom. The molecule has 0 N–H and O–H groups in total. The smallest absolute Gasteiger partial charge is 0.131 e. The van der Waals surface area contributed by atoms with E-state index in [-0.39, 0.29) is 12.4 Å². The maximum atomic E-state index is 14.0. The predicted molar refractivity (Wildman–Crippen MR) is 104 cm³/mol. The average molecular weight is 377 g/mol. The lowest BCUT2D eigenvalue weighted by molar-refractivity contribution is 0.0875. The number of nitrogens with zero attached hydrogens (tertiary/aromatic N) is 2. The molecule has 1 aliphatic rings. The van der Waals surface area contributed by atoms with E-state index in [9.17, 15) is 4.39 Å². The van der Waals surface area contributed by atoms with Crippen LogP contribution < -0.4 is 4.74 Å². The molecule has 3 rings (SSSR count). The van der Waals surface area contributed by atoms with Crippen molar-refractivity contribution in [1.29, 1.82) is 0 Å². The molecule has 3 nitrogen and oxygen atoms in total. The molecule has 140 valence electrons. The second kappa shape index (κ2) is 8.85. The van der Waals surface area contributed by atoms with Gasteiger partial charge in [-0.05, 0) is 31.7 Å². The van der Waals surface area contributed by atoms with Crippen molar-refractivity contribution in [2.24, 2.45) is 0 Å². The van der Waals surface area contributed by atoms with Crippen LogP contribution in [-0.4, -0.2) is 42.5 Å². The molecule has 1 heterocycles. The van der Waals surface area contributed by atoms with Crippen LogP contribution >= 0.6 is 11.6 Å². The van der Waals surface area contributed by atoms with E-state index in [0.29, 0.717) is 16.6 Å². The van der Waals surface area contributed by atoms with E-state index in [2.05, 4.69) is 29.8 Å². The molecular formula is C21H26ClFN2O. The summed E-state index contributed by atoms with van der Waals surface area (Å²) in [5.41, 5.74) is 1.52. The van der Waals surface area contributed by atoms with Crippen molar-refractivity contribution < 1.29 is 9.13 Å². The Bertz CT molecular complexity index is 719. The first-order chi connectivity index (χ1) is 12.6. The quantitative estimate of drug-likeness (QED) is 0.733. The highest BCUT2D eigenvalue weighted by Gasteiger charge is 2.23. The maximum Gasteiger partial charge on any atom is 0.131 e. The third-order valence-electron chi connectivity index (χ3n) is 5.13. The fourth-order valence-electron chi connectivity index (χ4n) is 3.43. The molecule has 1 atom stereocenters. The van der Waals surface area contributed by atoms with Crippen LogP contribution in [0.5, 0.6) is 5.75 Å². The standard InChI is InChI=1S/C21H26ClFN2O/c1-3-17-14-25(12-11-24(17)2)13-16-7-4-5-10-21(16)26-15-18-19(22)8-6-9-20(18)23/h4-10,17H,3,11-15H2,1-2H3. The fourth-order valence-corrected chi connectivity index (χ4v) is 3.65. The van der Waals surface area contributed by atoms with Crippen molar-refractivity contribution in [3.63, 3.8) is 0 Å². The first-order valence-electron chi connectivity index (χ1n) is 9.14. The van der Waals surface area contributed by atoms with Crippen LogP contribution in [0.4, 0.5) is 4.39 Å². The van der Waals surface area contributed by atoms with E-state index < -0.39 is 0 Å². The SMILES string of the molecule is CCC1CN(Cc2ccccc2OCc2c(F)cccc2Cl)CCN1C. The highest BCUT2D eigenvalue weighted by atomic mass is 35.5. The van der Waals surface area contributed by atoms with Crippen molar-refractivity contribution in [1.82, 2.24) is 9.80 Å². The van der Waals surface area contributed by atoms with Crippen LogP contribution in [0.1, 0.15) is 24.5 Å². The second-order valence-corrected chi connectivity index (χ2v) is 7.28. The zero-order valence-corrected chi connectivity index (χ0v) is 16.2. The van der Waals surface area contributed by atoms with Crippen LogP contribution in [0, 0.1) is 5.82 Å². The van der Waals surface area contributed by atoms with Crippen molar-refractivity contribution in [3.8, 4) is 5.75 Å². The Morgan fingerprint density at radius 3 is 2.73 bits per heavy atom. The van der Waals surface area contributed by atoms with Gasteiger partial charge in [0.1, 0.15) is 18.2 Å². The molecule has 1 aliphatic heterocycles. The first kappa shape index (κ1) is 19.2. The monoisotopic (exact) mass is 376 g/mol. The Balaban J connectivity index is 1.68. The zero-order chi connectivity index (χ0) is 18.5. The summed E-state index contributed by atoms with van der Waals surface area (Å²) in [5.74, 6) is 0.457. The Morgan fingerprint density at radius 1 is 1.15 bits per heavy atom. The molecule has 26 heavy (non-hydrogen) atoms. The highest BCUT2D eigenvalue weighted by Crippen LogP contribution is 2.25. The summed E-state index contributed by atoms with van der Waals surface area (Å²) < 4.78 is 19.9. The number of ether oxygens (including phenoxy) is 1. The van der Waals surface area contributed by atoms with E-state index in [1.54, 1.807) is 12.1 Å². The average Bonchev–Trinajstić information content (AvgIpc) is 2.64. The largest absolute Gasteiger partial charge is 0.488 e. The van der Waals surface area contributed by atoms with E-state index in [1.807, 2.05) is 18.2 Å². The van der Waals surface area contributed by atoms with Gasteiger partial charge in [0, 0.05) is 43.3 Å². The molecule has 0 saturated carbocycles. The maximum absolute atomic E-state index is 14.0. The molecule has 0 aliphatic carbocycles. The van der Waals surface area contributed by atoms with Gasteiger partial charge in [0.25, 0.3) is 0 Å². The number of halogens is 2. The van der Waals surface area contributed by atoms with E-state index in [0.717, 1.165) is 43.9 Å². The molecule has 0 bridgehead atoms. The molecular weight excluding hydrogens is 351 g/mol. The normalized spacial score (nSPS) is 18.8. The van der Waals surface area contributed by atoms with E-state index >= 15 is 0 Å². The number of benzene rings is 2. The number of para-hydroxylation sites is 1. The number of hydrogen-bond donors (Lipinski definition) is 0. The number of piperazine rings is 1.